The number of hydrogen-bond acceptors (Lipinski definition) is 7. The molecule has 8 heteroatoms. The van der Waals surface area contributed by atoms with Crippen molar-refractivity contribution in [1.82, 2.24) is 0 Å². The molecule has 2 atom stereocenters. The highest BCUT2D eigenvalue weighted by Crippen LogP contribution is 2.15. The first-order valence-electron chi connectivity index (χ1n) is 24.3. The zero-order valence-electron chi connectivity index (χ0n) is 39.4. The number of unbranched alkanes of at least 4 members (excludes halogenated alkanes) is 19. The molecule has 8 nitrogen and oxygen atoms in total. The van der Waals surface area contributed by atoms with E-state index in [4.69, 9.17) is 14.2 Å². The van der Waals surface area contributed by atoms with E-state index < -0.39 is 18.1 Å². The summed E-state index contributed by atoms with van der Waals surface area (Å²) in [6, 6.07) is -0.732. The number of nitrogens with zero attached hydrogens (tertiary/aromatic N) is 1. The summed E-state index contributed by atoms with van der Waals surface area (Å²) in [6.45, 7) is 4.53. The first-order chi connectivity index (χ1) is 29.1. The fourth-order valence-corrected chi connectivity index (χ4v) is 6.92. The average molecular weight is 842 g/mol. The van der Waals surface area contributed by atoms with E-state index in [1.807, 2.05) is 0 Å². The lowest BCUT2D eigenvalue weighted by Crippen LogP contribution is -2.55. The van der Waals surface area contributed by atoms with Gasteiger partial charge in [-0.25, -0.2) is 0 Å². The molecule has 0 fully saturated rings. The van der Waals surface area contributed by atoms with E-state index in [1.54, 1.807) is 21.1 Å². The number of ether oxygens (including phenoxy) is 3. The predicted molar refractivity (Wildman–Crippen MR) is 249 cm³/mol. The molecule has 0 heterocycles. The second-order valence-corrected chi connectivity index (χ2v) is 17.3. The summed E-state index contributed by atoms with van der Waals surface area (Å²) in [5.74, 6) is -1.77. The number of rotatable bonds is 43. The van der Waals surface area contributed by atoms with Crippen LogP contribution in [0.25, 0.3) is 0 Å². The summed E-state index contributed by atoms with van der Waals surface area (Å²) in [5.41, 5.74) is 0. The van der Waals surface area contributed by atoms with Crippen LogP contribution in [0.4, 0.5) is 0 Å². The van der Waals surface area contributed by atoms with Crippen molar-refractivity contribution in [1.29, 1.82) is 0 Å². The number of hydrogen-bond donors (Lipinski definition) is 0. The average Bonchev–Trinajstić information content (AvgIpc) is 3.21. The molecule has 0 amide bonds. The second kappa shape index (κ2) is 42.7. The van der Waals surface area contributed by atoms with Gasteiger partial charge in [-0.3, -0.25) is 9.59 Å². The molecule has 0 aliphatic rings. The Kier molecular flexibility index (Phi) is 40.6. The van der Waals surface area contributed by atoms with Gasteiger partial charge in [-0.15, -0.1) is 0 Å². The summed E-state index contributed by atoms with van der Waals surface area (Å²) in [7, 11) is 5.40. The maximum absolute atomic E-state index is 12.8. The summed E-state index contributed by atoms with van der Waals surface area (Å²) in [5, 5.41) is 11.6. The van der Waals surface area contributed by atoms with Crippen LogP contribution in [0, 0.1) is 0 Å². The van der Waals surface area contributed by atoms with Gasteiger partial charge >= 0.3 is 11.9 Å². The first kappa shape index (κ1) is 57.0. The van der Waals surface area contributed by atoms with E-state index in [-0.39, 0.29) is 42.7 Å². The van der Waals surface area contributed by atoms with Crippen LogP contribution < -0.4 is 5.11 Å². The normalized spacial score (nSPS) is 13.4. The third-order valence-corrected chi connectivity index (χ3v) is 10.7. The van der Waals surface area contributed by atoms with Crippen molar-refractivity contribution in [2.45, 2.75) is 212 Å². The molecule has 0 radical (unpaired) electrons. The molecule has 0 aliphatic heterocycles. The monoisotopic (exact) mass is 842 g/mol. The molecular formula is C52H91NO7. The van der Waals surface area contributed by atoms with Gasteiger partial charge in [0.25, 0.3) is 0 Å². The maximum Gasteiger partial charge on any atom is 0.306 e. The number of quaternary nitrogens is 1. The third kappa shape index (κ3) is 40.4. The Hall–Kier alpha value is -2.97. The maximum atomic E-state index is 12.8. The first-order valence-corrected chi connectivity index (χ1v) is 24.3. The Labute approximate surface area is 368 Å². The highest BCUT2D eigenvalue weighted by Gasteiger charge is 2.25. The molecular weight excluding hydrogens is 751 g/mol. The molecule has 0 saturated heterocycles. The van der Waals surface area contributed by atoms with Crippen LogP contribution in [-0.2, 0) is 28.6 Å². The minimum Gasteiger partial charge on any atom is -0.544 e. The van der Waals surface area contributed by atoms with Crippen molar-refractivity contribution in [3.63, 3.8) is 0 Å². The Balaban J connectivity index is 4.34. The molecule has 0 spiro atoms. The number of carboxylic acids is 1. The molecule has 0 bridgehead atoms. The van der Waals surface area contributed by atoms with Gasteiger partial charge in [0.1, 0.15) is 12.6 Å². The summed E-state index contributed by atoms with van der Waals surface area (Å²) in [4.78, 5) is 37.0. The number of likely N-dealkylation sites (N-methyl/N-ethyl adjacent to an activating group) is 1. The van der Waals surface area contributed by atoms with Gasteiger partial charge in [-0.2, -0.15) is 0 Å². The highest BCUT2D eigenvalue weighted by atomic mass is 16.6. The quantitative estimate of drug-likeness (QED) is 0.0261. The Morgan fingerprint density at radius 3 is 1.38 bits per heavy atom. The van der Waals surface area contributed by atoms with Crippen LogP contribution in [0.15, 0.2) is 60.8 Å². The summed E-state index contributed by atoms with van der Waals surface area (Å²) in [6.07, 6.45) is 52.4. The Bertz CT molecular complexity index is 1170. The van der Waals surface area contributed by atoms with Gasteiger partial charge in [0.15, 0.2) is 6.10 Å². The zero-order chi connectivity index (χ0) is 44.2. The smallest absolute Gasteiger partial charge is 0.306 e. The Morgan fingerprint density at radius 1 is 0.517 bits per heavy atom. The lowest BCUT2D eigenvalue weighted by molar-refractivity contribution is -0.889. The molecule has 0 saturated carbocycles. The number of allylic oxidation sites excluding steroid dienone is 10. The van der Waals surface area contributed by atoms with E-state index in [9.17, 15) is 19.5 Å². The van der Waals surface area contributed by atoms with E-state index in [2.05, 4.69) is 74.6 Å². The standard InChI is InChI=1S/C52H91NO7/c1-6-8-10-12-14-16-18-20-22-24-25-27-28-30-32-34-36-38-40-42-50(54)59-47-48(46-58-45-44-49(52(56)57)53(3,4)5)60-51(55)43-41-39-37-35-33-31-29-26-23-21-19-17-15-13-11-9-7-2/h8,10,14,16,20,22,25,27,30,32,48-49H,6-7,9,11-13,15,17-19,21,23-24,26,28-29,31,33-47H2,1-5H3/b10-8+,16-14+,22-20+,27-25+,32-30+. The van der Waals surface area contributed by atoms with Crippen LogP contribution in [0.2, 0.25) is 0 Å². The molecule has 0 rings (SSSR count). The number of carboxylic acid groups (broad SMARTS) is 1. The van der Waals surface area contributed by atoms with Gasteiger partial charge in [-0.05, 0) is 57.8 Å². The molecule has 0 N–H and O–H groups in total. The van der Waals surface area contributed by atoms with Crippen molar-refractivity contribution < 1.29 is 38.2 Å². The van der Waals surface area contributed by atoms with Crippen molar-refractivity contribution in [2.75, 3.05) is 41.0 Å². The summed E-state index contributed by atoms with van der Waals surface area (Å²) >= 11 is 0. The Morgan fingerprint density at radius 2 is 0.933 bits per heavy atom. The van der Waals surface area contributed by atoms with Gasteiger partial charge in [0.05, 0.1) is 40.3 Å². The SMILES string of the molecule is CC/C=C/C/C=C/C/C=C/C/C=C/C/C=C/CCCCCC(=O)OCC(COCCC(C(=O)[O-])[N+](C)(C)C)OC(=O)CCCCCCCCCCCCCCCCCCC. The van der Waals surface area contributed by atoms with Crippen molar-refractivity contribution in [2.24, 2.45) is 0 Å². The number of carbonyl (C=O) groups excluding carboxylic acids is 3. The highest BCUT2D eigenvalue weighted by molar-refractivity contribution is 5.70. The number of esters is 2. The number of carbonyl (C=O) groups is 3. The van der Waals surface area contributed by atoms with Crippen LogP contribution in [0.1, 0.15) is 200 Å². The molecule has 346 valence electrons. The van der Waals surface area contributed by atoms with Gasteiger partial charge in [0, 0.05) is 19.3 Å². The molecule has 2 unspecified atom stereocenters. The zero-order valence-corrected chi connectivity index (χ0v) is 39.4. The lowest BCUT2D eigenvalue weighted by Gasteiger charge is -2.34. The fourth-order valence-electron chi connectivity index (χ4n) is 6.92. The summed E-state index contributed by atoms with van der Waals surface area (Å²) < 4.78 is 17.2. The minimum absolute atomic E-state index is 0.0300. The van der Waals surface area contributed by atoms with Crippen LogP contribution in [0.5, 0.6) is 0 Å². The van der Waals surface area contributed by atoms with Gasteiger partial charge < -0.3 is 28.6 Å². The third-order valence-electron chi connectivity index (χ3n) is 10.7. The fraction of sp³-hybridized carbons (Fsp3) is 0.750. The predicted octanol–water partition coefficient (Wildman–Crippen LogP) is 12.4. The van der Waals surface area contributed by atoms with E-state index in [0.29, 0.717) is 12.8 Å². The van der Waals surface area contributed by atoms with E-state index in [0.717, 1.165) is 77.0 Å². The van der Waals surface area contributed by atoms with Crippen molar-refractivity contribution >= 4 is 17.9 Å². The lowest BCUT2D eigenvalue weighted by atomic mass is 10.0. The number of aliphatic carboxylic acids is 1. The second-order valence-electron chi connectivity index (χ2n) is 17.3. The molecule has 0 aromatic rings. The van der Waals surface area contributed by atoms with Gasteiger partial charge in [-0.1, -0.05) is 184 Å². The molecule has 0 aliphatic carbocycles. The molecule has 0 aromatic heterocycles. The minimum atomic E-state index is -1.13. The molecule has 60 heavy (non-hydrogen) atoms. The van der Waals surface area contributed by atoms with Crippen LogP contribution in [0.3, 0.4) is 0 Å². The van der Waals surface area contributed by atoms with Crippen LogP contribution in [-0.4, -0.2) is 75.5 Å². The topological polar surface area (TPSA) is 102 Å². The van der Waals surface area contributed by atoms with Crippen LogP contribution >= 0.6 is 0 Å². The van der Waals surface area contributed by atoms with E-state index >= 15 is 0 Å². The van der Waals surface area contributed by atoms with Crippen molar-refractivity contribution in [3.05, 3.63) is 60.8 Å². The van der Waals surface area contributed by atoms with E-state index in [1.165, 1.54) is 89.9 Å². The van der Waals surface area contributed by atoms with Gasteiger partial charge in [0.2, 0.25) is 0 Å². The molecule has 0 aromatic carbocycles. The largest absolute Gasteiger partial charge is 0.544 e. The van der Waals surface area contributed by atoms with Crippen molar-refractivity contribution in [3.8, 4) is 0 Å².